The maximum atomic E-state index is 10.9. The number of carbonyl (C=O) groups excluding carboxylic acids is 1. The number of hydrogen-bond donors (Lipinski definition) is 0. The summed E-state index contributed by atoms with van der Waals surface area (Å²) in [5.41, 5.74) is 0.556. The Morgan fingerprint density at radius 2 is 1.46 bits per heavy atom. The molecule has 3 heteroatoms. The molecule has 0 radical (unpaired) electrons. The summed E-state index contributed by atoms with van der Waals surface area (Å²) in [5.74, 6) is -0.238. The number of rotatable bonds is 7. The third-order valence-electron chi connectivity index (χ3n) is 4.55. The molecular formula is C21H27O2P. The molecule has 2 rings (SSSR count). The van der Waals surface area contributed by atoms with Crippen LogP contribution in [0.2, 0.25) is 0 Å². The standard InChI is InChI=1S/C21H27O2P/c1-18(2)24(20-12-6-4-7-13-20,21-14-8-5-9-15-21)17-11-10-16-23-19(3)22/h4-15,18,24H,16-17H2,1-3H3/b11-10+. The van der Waals surface area contributed by atoms with Crippen molar-refractivity contribution in [1.82, 2.24) is 0 Å². The second-order valence-electron chi connectivity index (χ2n) is 6.34. The molecule has 0 unspecified atom stereocenters. The molecule has 0 aliphatic heterocycles. The van der Waals surface area contributed by atoms with Gasteiger partial charge in [-0.1, -0.05) is 0 Å². The van der Waals surface area contributed by atoms with E-state index in [9.17, 15) is 4.79 Å². The van der Waals surface area contributed by atoms with Gasteiger partial charge in [0.25, 0.3) is 0 Å². The van der Waals surface area contributed by atoms with Crippen LogP contribution in [-0.2, 0) is 9.53 Å². The number of allylic oxidation sites excluding steroid dienone is 1. The molecule has 0 saturated heterocycles. The molecular weight excluding hydrogens is 315 g/mol. The fourth-order valence-corrected chi connectivity index (χ4v) is 8.00. The first kappa shape index (κ1) is 18.4. The van der Waals surface area contributed by atoms with Crippen LogP contribution in [0.25, 0.3) is 0 Å². The average molecular weight is 342 g/mol. The summed E-state index contributed by atoms with van der Waals surface area (Å²) in [6, 6.07) is 21.7. The first-order chi connectivity index (χ1) is 11.6. The molecule has 0 N–H and O–H groups in total. The van der Waals surface area contributed by atoms with E-state index < -0.39 is 7.26 Å². The van der Waals surface area contributed by atoms with Crippen molar-refractivity contribution in [3.05, 3.63) is 72.8 Å². The van der Waals surface area contributed by atoms with E-state index in [4.69, 9.17) is 4.74 Å². The fraction of sp³-hybridized carbons (Fsp3) is 0.286. The summed E-state index contributed by atoms with van der Waals surface area (Å²) in [6.45, 7) is 6.44. The van der Waals surface area contributed by atoms with Gasteiger partial charge in [0.2, 0.25) is 0 Å². The van der Waals surface area contributed by atoms with Gasteiger partial charge in [0, 0.05) is 0 Å². The first-order valence-electron chi connectivity index (χ1n) is 8.47. The molecule has 128 valence electrons. The molecule has 0 amide bonds. The summed E-state index contributed by atoms with van der Waals surface area (Å²) in [4.78, 5) is 10.9. The van der Waals surface area contributed by atoms with Crippen LogP contribution < -0.4 is 10.6 Å². The van der Waals surface area contributed by atoms with Gasteiger partial charge in [-0.05, 0) is 0 Å². The van der Waals surface area contributed by atoms with Gasteiger partial charge in [-0.25, -0.2) is 0 Å². The Morgan fingerprint density at radius 3 is 1.88 bits per heavy atom. The molecule has 0 fully saturated rings. The molecule has 0 atom stereocenters. The number of benzene rings is 2. The van der Waals surface area contributed by atoms with E-state index >= 15 is 0 Å². The second kappa shape index (κ2) is 8.80. The summed E-state index contributed by atoms with van der Waals surface area (Å²) < 4.78 is 5.02. The summed E-state index contributed by atoms with van der Waals surface area (Å²) >= 11 is 0. The molecule has 24 heavy (non-hydrogen) atoms. The van der Waals surface area contributed by atoms with Crippen LogP contribution in [-0.4, -0.2) is 24.4 Å². The zero-order valence-electron chi connectivity index (χ0n) is 14.7. The van der Waals surface area contributed by atoms with Gasteiger partial charge < -0.3 is 0 Å². The zero-order chi connectivity index (χ0) is 17.4. The van der Waals surface area contributed by atoms with Crippen molar-refractivity contribution in [3.8, 4) is 0 Å². The van der Waals surface area contributed by atoms with Gasteiger partial charge in [-0.3, -0.25) is 0 Å². The third kappa shape index (κ3) is 4.33. The first-order valence-corrected chi connectivity index (χ1v) is 10.7. The van der Waals surface area contributed by atoms with Crippen LogP contribution in [0, 0.1) is 0 Å². The molecule has 0 bridgehead atoms. The Kier molecular flexibility index (Phi) is 6.75. The molecule has 0 aliphatic rings. The third-order valence-corrected chi connectivity index (χ3v) is 10.1. The van der Waals surface area contributed by atoms with Crippen molar-refractivity contribution in [2.75, 3.05) is 12.8 Å². The van der Waals surface area contributed by atoms with Crippen molar-refractivity contribution in [2.45, 2.75) is 26.4 Å². The van der Waals surface area contributed by atoms with Crippen LogP contribution >= 0.6 is 7.26 Å². The second-order valence-corrected chi connectivity index (χ2v) is 11.0. The van der Waals surface area contributed by atoms with E-state index in [0.29, 0.717) is 12.3 Å². The molecule has 0 aromatic heterocycles. The van der Waals surface area contributed by atoms with Crippen molar-refractivity contribution in [2.24, 2.45) is 0 Å². The Balaban J connectivity index is 2.38. The predicted octanol–water partition coefficient (Wildman–Crippen LogP) is 3.92. The minimum absolute atomic E-state index is 0.238. The van der Waals surface area contributed by atoms with E-state index in [-0.39, 0.29) is 5.97 Å². The molecule has 2 nitrogen and oxygen atoms in total. The van der Waals surface area contributed by atoms with Gasteiger partial charge in [-0.15, -0.1) is 0 Å². The van der Waals surface area contributed by atoms with Crippen LogP contribution in [0.1, 0.15) is 20.8 Å². The van der Waals surface area contributed by atoms with E-state index in [1.54, 1.807) is 0 Å². The van der Waals surface area contributed by atoms with E-state index in [1.807, 2.05) is 6.08 Å². The zero-order valence-corrected chi connectivity index (χ0v) is 15.7. The molecule has 0 heterocycles. The molecule has 2 aromatic rings. The summed E-state index contributed by atoms with van der Waals surface area (Å²) in [7, 11) is -1.93. The Morgan fingerprint density at radius 1 is 0.958 bits per heavy atom. The van der Waals surface area contributed by atoms with Crippen LogP contribution in [0.4, 0.5) is 0 Å². The molecule has 0 saturated carbocycles. The van der Waals surface area contributed by atoms with Crippen molar-refractivity contribution >= 4 is 23.8 Å². The van der Waals surface area contributed by atoms with E-state index in [1.165, 1.54) is 17.5 Å². The minimum atomic E-state index is -1.93. The number of esters is 1. The van der Waals surface area contributed by atoms with Gasteiger partial charge in [-0.2, -0.15) is 0 Å². The van der Waals surface area contributed by atoms with E-state index in [2.05, 4.69) is 80.6 Å². The van der Waals surface area contributed by atoms with Crippen LogP contribution in [0.3, 0.4) is 0 Å². The van der Waals surface area contributed by atoms with Crippen molar-refractivity contribution in [1.29, 1.82) is 0 Å². The SMILES string of the molecule is CC(=O)OC/C=C/C[PH](c1ccccc1)(c1ccccc1)C(C)C. The van der Waals surface area contributed by atoms with Gasteiger partial charge >= 0.3 is 145 Å². The maximum absolute atomic E-state index is 10.9. The fourth-order valence-electron chi connectivity index (χ4n) is 3.28. The topological polar surface area (TPSA) is 26.3 Å². The Labute approximate surface area is 145 Å². The number of carbonyl (C=O) groups is 1. The Hall–Kier alpha value is -1.92. The number of ether oxygens (including phenoxy) is 1. The molecule has 2 aromatic carbocycles. The van der Waals surface area contributed by atoms with Crippen LogP contribution in [0.5, 0.6) is 0 Å². The van der Waals surface area contributed by atoms with Crippen molar-refractivity contribution < 1.29 is 9.53 Å². The summed E-state index contributed by atoms with van der Waals surface area (Å²) in [5, 5.41) is 2.90. The predicted molar refractivity (Wildman–Crippen MR) is 106 cm³/mol. The summed E-state index contributed by atoms with van der Waals surface area (Å²) in [6.07, 6.45) is 5.16. The average Bonchev–Trinajstić information content (AvgIpc) is 2.59. The van der Waals surface area contributed by atoms with Crippen LogP contribution in [0.15, 0.2) is 72.8 Å². The number of hydrogen-bond acceptors (Lipinski definition) is 2. The quantitative estimate of drug-likeness (QED) is 0.433. The molecule has 0 spiro atoms. The van der Waals surface area contributed by atoms with Gasteiger partial charge in [0.05, 0.1) is 0 Å². The van der Waals surface area contributed by atoms with Gasteiger partial charge in [0.15, 0.2) is 0 Å². The normalized spacial score (nSPS) is 12.5. The van der Waals surface area contributed by atoms with Crippen molar-refractivity contribution in [3.63, 3.8) is 0 Å². The Bertz CT molecular complexity index is 623. The molecule has 0 aliphatic carbocycles. The van der Waals surface area contributed by atoms with E-state index in [0.717, 1.165) is 6.16 Å². The van der Waals surface area contributed by atoms with Gasteiger partial charge in [0.1, 0.15) is 0 Å². The monoisotopic (exact) mass is 342 g/mol.